The summed E-state index contributed by atoms with van der Waals surface area (Å²) in [7, 11) is 0. The third-order valence-corrected chi connectivity index (χ3v) is 2.50. The molecule has 2 aliphatic rings. The number of hydrogen-bond donors (Lipinski definition) is 2. The second-order valence-electron chi connectivity index (χ2n) is 3.41. The van der Waals surface area contributed by atoms with Crippen molar-refractivity contribution in [3.05, 3.63) is 0 Å². The monoisotopic (exact) mass is 156 g/mol. The zero-order chi connectivity index (χ0) is 7.52. The fraction of sp³-hybridized carbons (Fsp3) is 1.00. The summed E-state index contributed by atoms with van der Waals surface area (Å²) in [6.07, 6.45) is 2.86. The molecule has 3 nitrogen and oxygen atoms in total. The molecule has 2 heterocycles. The second kappa shape index (κ2) is 3.52. The van der Waals surface area contributed by atoms with Crippen molar-refractivity contribution in [1.82, 2.24) is 10.6 Å². The zero-order valence-corrected chi connectivity index (χ0v) is 6.81. The van der Waals surface area contributed by atoms with Crippen LogP contribution in [0.4, 0.5) is 0 Å². The van der Waals surface area contributed by atoms with Crippen molar-refractivity contribution in [1.29, 1.82) is 0 Å². The highest BCUT2D eigenvalue weighted by molar-refractivity contribution is 4.75. The third kappa shape index (κ3) is 1.92. The topological polar surface area (TPSA) is 33.3 Å². The lowest BCUT2D eigenvalue weighted by Gasteiger charge is -2.13. The van der Waals surface area contributed by atoms with Gasteiger partial charge in [-0.3, -0.25) is 5.32 Å². The minimum Gasteiger partial charge on any atom is -0.362 e. The van der Waals surface area contributed by atoms with Gasteiger partial charge in [-0.15, -0.1) is 0 Å². The highest BCUT2D eigenvalue weighted by Crippen LogP contribution is 2.16. The molecule has 2 unspecified atom stereocenters. The largest absolute Gasteiger partial charge is 0.362 e. The third-order valence-electron chi connectivity index (χ3n) is 2.50. The summed E-state index contributed by atoms with van der Waals surface area (Å²) in [5.41, 5.74) is 0. The molecule has 64 valence electrons. The predicted molar refractivity (Wildman–Crippen MR) is 43.3 cm³/mol. The van der Waals surface area contributed by atoms with Gasteiger partial charge in [-0.2, -0.15) is 0 Å². The molecule has 2 rings (SSSR count). The first-order chi connectivity index (χ1) is 5.45. The quantitative estimate of drug-likeness (QED) is 0.587. The van der Waals surface area contributed by atoms with Gasteiger partial charge in [0.25, 0.3) is 0 Å². The van der Waals surface area contributed by atoms with E-state index in [-0.39, 0.29) is 0 Å². The molecule has 0 bridgehead atoms. The summed E-state index contributed by atoms with van der Waals surface area (Å²) in [5, 5.41) is 6.70. The van der Waals surface area contributed by atoms with Gasteiger partial charge in [0.1, 0.15) is 6.23 Å². The number of nitrogens with one attached hydrogen (secondary N) is 2. The van der Waals surface area contributed by atoms with Crippen LogP contribution in [-0.4, -0.2) is 32.5 Å². The van der Waals surface area contributed by atoms with Gasteiger partial charge in [0.2, 0.25) is 0 Å². The summed E-state index contributed by atoms with van der Waals surface area (Å²) in [6.45, 7) is 4.30. The van der Waals surface area contributed by atoms with E-state index in [9.17, 15) is 0 Å². The van der Waals surface area contributed by atoms with Gasteiger partial charge in [-0.25, -0.2) is 0 Å². The standard InChI is InChI=1S/C8H16N2O/c1-2-9-6-7(1)5-8-10-3-4-11-8/h7-10H,1-6H2. The van der Waals surface area contributed by atoms with E-state index in [1.165, 1.54) is 25.9 Å². The van der Waals surface area contributed by atoms with Crippen molar-refractivity contribution in [2.75, 3.05) is 26.2 Å². The van der Waals surface area contributed by atoms with E-state index in [1.807, 2.05) is 0 Å². The SMILES string of the molecule is C1CC(CC2NCCO2)CN1. The van der Waals surface area contributed by atoms with Crippen LogP contribution in [0.2, 0.25) is 0 Å². The molecule has 0 aromatic heterocycles. The molecule has 0 amide bonds. The van der Waals surface area contributed by atoms with Crippen LogP contribution in [0.15, 0.2) is 0 Å². The summed E-state index contributed by atoms with van der Waals surface area (Å²) < 4.78 is 5.48. The second-order valence-corrected chi connectivity index (χ2v) is 3.41. The Kier molecular flexibility index (Phi) is 2.41. The van der Waals surface area contributed by atoms with Gasteiger partial charge < -0.3 is 10.1 Å². The van der Waals surface area contributed by atoms with Crippen LogP contribution in [0.5, 0.6) is 0 Å². The first-order valence-corrected chi connectivity index (χ1v) is 4.51. The molecule has 0 spiro atoms. The van der Waals surface area contributed by atoms with Gasteiger partial charge in [0.15, 0.2) is 0 Å². The molecule has 2 saturated heterocycles. The van der Waals surface area contributed by atoms with Crippen molar-refractivity contribution < 1.29 is 4.74 Å². The summed E-state index contributed by atoms with van der Waals surface area (Å²) in [5.74, 6) is 0.839. The van der Waals surface area contributed by atoms with Crippen LogP contribution in [-0.2, 0) is 4.74 Å². The molecular formula is C8H16N2O. The molecule has 0 aliphatic carbocycles. The van der Waals surface area contributed by atoms with Crippen molar-refractivity contribution in [3.8, 4) is 0 Å². The molecule has 2 atom stereocenters. The Labute approximate surface area is 67.5 Å². The van der Waals surface area contributed by atoms with E-state index in [1.54, 1.807) is 0 Å². The normalized spacial score (nSPS) is 38.2. The van der Waals surface area contributed by atoms with E-state index in [0.29, 0.717) is 6.23 Å². The molecule has 2 aliphatic heterocycles. The van der Waals surface area contributed by atoms with E-state index < -0.39 is 0 Å². The van der Waals surface area contributed by atoms with Crippen molar-refractivity contribution >= 4 is 0 Å². The maximum atomic E-state index is 5.48. The zero-order valence-electron chi connectivity index (χ0n) is 6.81. The molecule has 2 N–H and O–H groups in total. The van der Waals surface area contributed by atoms with Crippen LogP contribution in [0, 0.1) is 5.92 Å². The Morgan fingerprint density at radius 2 is 2.36 bits per heavy atom. The maximum Gasteiger partial charge on any atom is 0.108 e. The fourth-order valence-corrected chi connectivity index (χ4v) is 1.85. The fourth-order valence-electron chi connectivity index (χ4n) is 1.85. The van der Waals surface area contributed by atoms with E-state index >= 15 is 0 Å². The average molecular weight is 156 g/mol. The van der Waals surface area contributed by atoms with Crippen molar-refractivity contribution in [3.63, 3.8) is 0 Å². The first kappa shape index (κ1) is 7.53. The minimum absolute atomic E-state index is 0.347. The Balaban J connectivity index is 1.71. The Morgan fingerprint density at radius 3 is 3.00 bits per heavy atom. The lowest BCUT2D eigenvalue weighted by molar-refractivity contribution is 0.0819. The number of ether oxygens (including phenoxy) is 1. The highest BCUT2D eigenvalue weighted by atomic mass is 16.5. The van der Waals surface area contributed by atoms with E-state index in [4.69, 9.17) is 4.74 Å². The predicted octanol–water partition coefficient (Wildman–Crippen LogP) is -0.0681. The summed E-state index contributed by atoms with van der Waals surface area (Å²) in [6, 6.07) is 0. The molecular weight excluding hydrogens is 140 g/mol. The maximum absolute atomic E-state index is 5.48. The summed E-state index contributed by atoms with van der Waals surface area (Å²) >= 11 is 0. The van der Waals surface area contributed by atoms with E-state index in [0.717, 1.165) is 19.1 Å². The molecule has 0 radical (unpaired) electrons. The molecule has 0 aromatic rings. The Bertz CT molecular complexity index is 103. The summed E-state index contributed by atoms with van der Waals surface area (Å²) in [4.78, 5) is 0. The van der Waals surface area contributed by atoms with Crippen LogP contribution in [0.25, 0.3) is 0 Å². The van der Waals surface area contributed by atoms with Crippen LogP contribution in [0.3, 0.4) is 0 Å². The number of rotatable bonds is 2. The minimum atomic E-state index is 0.347. The van der Waals surface area contributed by atoms with Crippen LogP contribution in [0.1, 0.15) is 12.8 Å². The van der Waals surface area contributed by atoms with Crippen LogP contribution < -0.4 is 10.6 Å². The van der Waals surface area contributed by atoms with Crippen molar-refractivity contribution in [2.24, 2.45) is 5.92 Å². The van der Waals surface area contributed by atoms with Gasteiger partial charge in [-0.1, -0.05) is 0 Å². The molecule has 2 fully saturated rings. The van der Waals surface area contributed by atoms with Gasteiger partial charge in [0.05, 0.1) is 6.61 Å². The van der Waals surface area contributed by atoms with E-state index in [2.05, 4.69) is 10.6 Å². The highest BCUT2D eigenvalue weighted by Gasteiger charge is 2.22. The Morgan fingerprint density at radius 1 is 1.36 bits per heavy atom. The van der Waals surface area contributed by atoms with Gasteiger partial charge in [0, 0.05) is 6.54 Å². The number of hydrogen-bond acceptors (Lipinski definition) is 3. The Hall–Kier alpha value is -0.120. The smallest absolute Gasteiger partial charge is 0.108 e. The lowest BCUT2D eigenvalue weighted by Crippen LogP contribution is -2.26. The average Bonchev–Trinajstić information content (AvgIpc) is 2.60. The van der Waals surface area contributed by atoms with Crippen LogP contribution >= 0.6 is 0 Å². The van der Waals surface area contributed by atoms with Crippen molar-refractivity contribution in [2.45, 2.75) is 19.1 Å². The van der Waals surface area contributed by atoms with Gasteiger partial charge >= 0.3 is 0 Å². The van der Waals surface area contributed by atoms with Gasteiger partial charge in [-0.05, 0) is 31.8 Å². The molecule has 0 aromatic carbocycles. The molecule has 3 heteroatoms. The molecule has 0 saturated carbocycles. The first-order valence-electron chi connectivity index (χ1n) is 4.51. The lowest BCUT2D eigenvalue weighted by atomic mass is 10.0. The molecule has 11 heavy (non-hydrogen) atoms.